The fraction of sp³-hybridized carbons (Fsp3) is 0.583. The summed E-state index contributed by atoms with van der Waals surface area (Å²) in [5, 5.41) is 3.41. The Balaban J connectivity index is 2.25. The number of nitrogens with zero attached hydrogens (tertiary/aromatic N) is 1. The molecule has 0 aromatic carbocycles. The van der Waals surface area contributed by atoms with Gasteiger partial charge in [-0.25, -0.2) is 4.98 Å². The largest absolute Gasteiger partial charge is 0.384 e. The number of rotatable bonds is 6. The molecule has 1 aromatic rings. The van der Waals surface area contributed by atoms with Gasteiger partial charge in [0, 0.05) is 12.2 Å². The average molecular weight is 207 g/mol. The minimum atomic E-state index is 0.606. The Bertz CT molecular complexity index is 286. The molecule has 0 aliphatic heterocycles. The van der Waals surface area contributed by atoms with Gasteiger partial charge in [0.05, 0.1) is 0 Å². The van der Waals surface area contributed by atoms with Crippen molar-refractivity contribution in [2.75, 3.05) is 12.3 Å². The van der Waals surface area contributed by atoms with E-state index in [0.717, 1.165) is 13.0 Å². The molecule has 1 heterocycles. The fourth-order valence-corrected chi connectivity index (χ4v) is 1.71. The van der Waals surface area contributed by atoms with Crippen molar-refractivity contribution in [3.63, 3.8) is 0 Å². The molecule has 0 amide bonds. The molecule has 0 fully saturated rings. The molecule has 1 aromatic heterocycles. The molecule has 15 heavy (non-hydrogen) atoms. The van der Waals surface area contributed by atoms with E-state index in [9.17, 15) is 0 Å². The maximum absolute atomic E-state index is 5.61. The van der Waals surface area contributed by atoms with Crippen molar-refractivity contribution >= 4 is 5.82 Å². The molecule has 1 atom stereocenters. The highest BCUT2D eigenvalue weighted by Crippen LogP contribution is 2.08. The lowest BCUT2D eigenvalue weighted by molar-refractivity contribution is 0.512. The van der Waals surface area contributed by atoms with Crippen molar-refractivity contribution in [2.45, 2.75) is 39.2 Å². The minimum absolute atomic E-state index is 0.606. The Morgan fingerprint density at radius 3 is 3.00 bits per heavy atom. The number of aromatic nitrogens is 1. The van der Waals surface area contributed by atoms with Gasteiger partial charge in [-0.2, -0.15) is 0 Å². The van der Waals surface area contributed by atoms with E-state index in [1.165, 1.54) is 18.4 Å². The van der Waals surface area contributed by atoms with Crippen LogP contribution in [0, 0.1) is 0 Å². The summed E-state index contributed by atoms with van der Waals surface area (Å²) in [5.74, 6) is 0.618. The molecular weight excluding hydrogens is 186 g/mol. The Labute approximate surface area is 92.1 Å². The van der Waals surface area contributed by atoms with Crippen LogP contribution in [0.5, 0.6) is 0 Å². The molecule has 1 rings (SSSR count). The van der Waals surface area contributed by atoms with E-state index < -0.39 is 0 Å². The first kappa shape index (κ1) is 12.0. The summed E-state index contributed by atoms with van der Waals surface area (Å²) < 4.78 is 0. The monoisotopic (exact) mass is 207 g/mol. The van der Waals surface area contributed by atoms with Gasteiger partial charge in [-0.1, -0.05) is 6.92 Å². The maximum Gasteiger partial charge on any atom is 0.123 e. The van der Waals surface area contributed by atoms with Crippen LogP contribution in [-0.2, 0) is 6.42 Å². The van der Waals surface area contributed by atoms with Gasteiger partial charge in [-0.3, -0.25) is 0 Å². The van der Waals surface area contributed by atoms with Crippen LogP contribution in [0.1, 0.15) is 32.3 Å². The van der Waals surface area contributed by atoms with Gasteiger partial charge in [0.25, 0.3) is 0 Å². The number of nitrogens with one attached hydrogen (secondary N) is 1. The van der Waals surface area contributed by atoms with Gasteiger partial charge in [0.2, 0.25) is 0 Å². The molecule has 3 nitrogen and oxygen atoms in total. The van der Waals surface area contributed by atoms with Crippen molar-refractivity contribution in [3.05, 3.63) is 23.9 Å². The normalized spacial score (nSPS) is 12.7. The van der Waals surface area contributed by atoms with Gasteiger partial charge in [0.1, 0.15) is 5.82 Å². The van der Waals surface area contributed by atoms with Crippen molar-refractivity contribution in [1.82, 2.24) is 10.3 Å². The fourth-order valence-electron chi connectivity index (χ4n) is 1.71. The smallest absolute Gasteiger partial charge is 0.123 e. The topological polar surface area (TPSA) is 50.9 Å². The molecule has 0 saturated heterocycles. The molecule has 3 N–H and O–H groups in total. The molecule has 0 saturated carbocycles. The van der Waals surface area contributed by atoms with E-state index in [0.29, 0.717) is 11.9 Å². The van der Waals surface area contributed by atoms with Crippen LogP contribution in [0.3, 0.4) is 0 Å². The van der Waals surface area contributed by atoms with E-state index in [2.05, 4.69) is 24.1 Å². The summed E-state index contributed by atoms with van der Waals surface area (Å²) in [7, 11) is 0. The molecule has 1 unspecified atom stereocenters. The lowest BCUT2D eigenvalue weighted by Gasteiger charge is -2.11. The molecular formula is C12H21N3. The van der Waals surface area contributed by atoms with E-state index in [1.807, 2.05) is 12.1 Å². The summed E-state index contributed by atoms with van der Waals surface area (Å²) in [6, 6.07) is 4.60. The van der Waals surface area contributed by atoms with Crippen LogP contribution in [0.25, 0.3) is 0 Å². The number of nitrogen functional groups attached to an aromatic ring is 1. The maximum atomic E-state index is 5.61. The van der Waals surface area contributed by atoms with Crippen LogP contribution in [0.4, 0.5) is 5.82 Å². The Hall–Kier alpha value is -1.09. The average Bonchev–Trinajstić information content (AvgIpc) is 2.18. The summed E-state index contributed by atoms with van der Waals surface area (Å²) in [5.41, 5.74) is 6.90. The van der Waals surface area contributed by atoms with Crippen LogP contribution in [0.2, 0.25) is 0 Å². The third-order valence-electron chi connectivity index (χ3n) is 2.50. The van der Waals surface area contributed by atoms with Gasteiger partial charge in [0.15, 0.2) is 0 Å². The Morgan fingerprint density at radius 2 is 2.33 bits per heavy atom. The first-order valence-corrected chi connectivity index (χ1v) is 5.66. The summed E-state index contributed by atoms with van der Waals surface area (Å²) in [6.07, 6.45) is 5.26. The molecule has 0 radical (unpaired) electrons. The number of aryl methyl sites for hydroxylation is 1. The van der Waals surface area contributed by atoms with Gasteiger partial charge >= 0.3 is 0 Å². The zero-order valence-electron chi connectivity index (χ0n) is 9.66. The summed E-state index contributed by atoms with van der Waals surface area (Å²) in [4.78, 5) is 3.98. The van der Waals surface area contributed by atoms with Crippen molar-refractivity contribution in [1.29, 1.82) is 0 Å². The molecule has 0 aliphatic rings. The van der Waals surface area contributed by atoms with E-state index in [1.54, 1.807) is 6.20 Å². The van der Waals surface area contributed by atoms with E-state index in [-0.39, 0.29) is 0 Å². The lowest BCUT2D eigenvalue weighted by Crippen LogP contribution is -2.25. The molecule has 0 spiro atoms. The standard InChI is InChI=1S/C12H21N3/c1-3-14-10(2)5-4-6-11-7-8-15-12(13)9-11/h7-10,14H,3-6H2,1-2H3,(H2,13,15). The van der Waals surface area contributed by atoms with Crippen LogP contribution in [-0.4, -0.2) is 17.6 Å². The van der Waals surface area contributed by atoms with Crippen molar-refractivity contribution in [3.8, 4) is 0 Å². The van der Waals surface area contributed by atoms with Gasteiger partial charge in [-0.05, 0) is 50.4 Å². The highest BCUT2D eigenvalue weighted by Gasteiger charge is 2.00. The SMILES string of the molecule is CCNC(C)CCCc1ccnc(N)c1. The zero-order chi connectivity index (χ0) is 11.1. The molecule has 84 valence electrons. The van der Waals surface area contributed by atoms with Crippen molar-refractivity contribution < 1.29 is 0 Å². The highest BCUT2D eigenvalue weighted by molar-refractivity contribution is 5.31. The summed E-state index contributed by atoms with van der Waals surface area (Å²) in [6.45, 7) is 5.41. The third kappa shape index (κ3) is 4.79. The minimum Gasteiger partial charge on any atom is -0.384 e. The highest BCUT2D eigenvalue weighted by atomic mass is 14.9. The third-order valence-corrected chi connectivity index (χ3v) is 2.50. The molecule has 3 heteroatoms. The number of hydrogen-bond donors (Lipinski definition) is 2. The second-order valence-electron chi connectivity index (χ2n) is 3.94. The number of pyridine rings is 1. The number of hydrogen-bond acceptors (Lipinski definition) is 3. The molecule has 0 bridgehead atoms. The quantitative estimate of drug-likeness (QED) is 0.750. The Kier molecular flexibility index (Phi) is 5.12. The van der Waals surface area contributed by atoms with E-state index in [4.69, 9.17) is 5.73 Å². The predicted molar refractivity (Wildman–Crippen MR) is 64.7 cm³/mol. The van der Waals surface area contributed by atoms with Crippen molar-refractivity contribution in [2.24, 2.45) is 0 Å². The first-order valence-electron chi connectivity index (χ1n) is 5.66. The second kappa shape index (κ2) is 6.40. The van der Waals surface area contributed by atoms with Gasteiger partial charge in [-0.15, -0.1) is 0 Å². The van der Waals surface area contributed by atoms with E-state index >= 15 is 0 Å². The molecule has 0 aliphatic carbocycles. The lowest BCUT2D eigenvalue weighted by atomic mass is 10.1. The number of anilines is 1. The summed E-state index contributed by atoms with van der Waals surface area (Å²) >= 11 is 0. The predicted octanol–water partition coefficient (Wildman–Crippen LogP) is 1.98. The van der Waals surface area contributed by atoms with Crippen LogP contribution < -0.4 is 11.1 Å². The van der Waals surface area contributed by atoms with Crippen LogP contribution in [0.15, 0.2) is 18.3 Å². The van der Waals surface area contributed by atoms with Gasteiger partial charge < -0.3 is 11.1 Å². The second-order valence-corrected chi connectivity index (χ2v) is 3.94. The number of nitrogens with two attached hydrogens (primary N) is 1. The van der Waals surface area contributed by atoms with Crippen LogP contribution >= 0.6 is 0 Å². The zero-order valence-corrected chi connectivity index (χ0v) is 9.66. The Morgan fingerprint density at radius 1 is 1.53 bits per heavy atom. The first-order chi connectivity index (χ1) is 7.22.